The van der Waals surface area contributed by atoms with Crippen LogP contribution in [0.5, 0.6) is 11.5 Å². The van der Waals surface area contributed by atoms with Crippen LogP contribution in [0.15, 0.2) is 63.4 Å². The number of carbonyl (C=O) groups excluding carboxylic acids is 2. The van der Waals surface area contributed by atoms with E-state index in [1.165, 1.54) is 35.1 Å². The van der Waals surface area contributed by atoms with Crippen molar-refractivity contribution in [1.82, 2.24) is 4.90 Å². The minimum absolute atomic E-state index is 0.187. The van der Waals surface area contributed by atoms with Gasteiger partial charge < -0.3 is 13.9 Å². The van der Waals surface area contributed by atoms with E-state index in [4.69, 9.17) is 26.1 Å². The Balaban J connectivity index is 1.52. The van der Waals surface area contributed by atoms with E-state index in [9.17, 15) is 9.59 Å². The predicted octanol–water partition coefficient (Wildman–Crippen LogP) is 4.97. The molecule has 3 heterocycles. The lowest BCUT2D eigenvalue weighted by atomic mass is 10.2. The summed E-state index contributed by atoms with van der Waals surface area (Å²) in [4.78, 5) is 27.4. The minimum atomic E-state index is -0.449. The number of rotatable bonds is 6. The smallest absolute Gasteiger partial charge is 0.353 e. The summed E-state index contributed by atoms with van der Waals surface area (Å²) in [6, 6.07) is 12.1. The fourth-order valence-electron chi connectivity index (χ4n) is 2.75. The molecule has 3 aromatic rings. The quantitative estimate of drug-likeness (QED) is 0.224. The van der Waals surface area contributed by atoms with Crippen molar-refractivity contribution in [2.24, 2.45) is 0 Å². The Bertz CT molecular complexity index is 1120. The number of hydrogen-bond donors (Lipinski definition) is 0. The van der Waals surface area contributed by atoms with Crippen molar-refractivity contribution in [3.05, 3.63) is 75.2 Å². The van der Waals surface area contributed by atoms with Crippen molar-refractivity contribution in [3.8, 4) is 11.5 Å². The van der Waals surface area contributed by atoms with Gasteiger partial charge in [0.25, 0.3) is 5.91 Å². The number of carbonyl (C=O) groups is 2. The molecule has 6 nitrogen and oxygen atoms in total. The van der Waals surface area contributed by atoms with E-state index in [0.29, 0.717) is 31.4 Å². The summed E-state index contributed by atoms with van der Waals surface area (Å²) in [5.41, 5.74) is 0.723. The maximum atomic E-state index is 12.8. The fraction of sp³-hybridized carbons (Fsp3) is 0.0952. The average Bonchev–Trinajstić information content (AvgIpc) is 3.49. The SMILES string of the molecule is COc1cc(/C=C2/SC(=S)N(Cc3ccco3)C2=O)ccc1OC(=O)c1cccs1. The number of furan rings is 1. The highest BCUT2D eigenvalue weighted by atomic mass is 32.2. The molecule has 0 bridgehead atoms. The van der Waals surface area contributed by atoms with Crippen molar-refractivity contribution < 1.29 is 23.5 Å². The van der Waals surface area contributed by atoms with E-state index in [1.807, 2.05) is 0 Å². The lowest BCUT2D eigenvalue weighted by Gasteiger charge is -2.12. The van der Waals surface area contributed by atoms with Crippen molar-refractivity contribution in [3.63, 3.8) is 0 Å². The highest BCUT2D eigenvalue weighted by Gasteiger charge is 2.32. The van der Waals surface area contributed by atoms with Gasteiger partial charge in [0, 0.05) is 0 Å². The molecule has 9 heteroatoms. The third-order valence-electron chi connectivity index (χ3n) is 4.18. The first-order valence-electron chi connectivity index (χ1n) is 8.76. The number of methoxy groups -OCH3 is 1. The molecule has 0 N–H and O–H groups in total. The molecule has 0 unspecified atom stereocenters. The van der Waals surface area contributed by atoms with E-state index in [1.54, 1.807) is 60.2 Å². The van der Waals surface area contributed by atoms with Crippen LogP contribution in [0.1, 0.15) is 21.0 Å². The molecule has 30 heavy (non-hydrogen) atoms. The molecule has 0 saturated carbocycles. The Hall–Kier alpha value is -2.88. The van der Waals surface area contributed by atoms with E-state index >= 15 is 0 Å². The molecule has 1 aromatic carbocycles. The molecule has 0 radical (unpaired) electrons. The van der Waals surface area contributed by atoms with Crippen LogP contribution < -0.4 is 9.47 Å². The second-order valence-electron chi connectivity index (χ2n) is 6.12. The summed E-state index contributed by atoms with van der Waals surface area (Å²) in [7, 11) is 1.49. The van der Waals surface area contributed by atoms with Crippen LogP contribution >= 0.6 is 35.3 Å². The number of amides is 1. The highest BCUT2D eigenvalue weighted by molar-refractivity contribution is 8.26. The van der Waals surface area contributed by atoms with Gasteiger partial charge in [-0.15, -0.1) is 11.3 Å². The first-order chi connectivity index (χ1) is 14.5. The largest absolute Gasteiger partial charge is 0.493 e. The summed E-state index contributed by atoms with van der Waals surface area (Å²) in [6.07, 6.45) is 3.29. The second-order valence-corrected chi connectivity index (χ2v) is 8.75. The van der Waals surface area contributed by atoms with Crippen LogP contribution in [0.25, 0.3) is 6.08 Å². The lowest BCUT2D eigenvalue weighted by Crippen LogP contribution is -2.27. The van der Waals surface area contributed by atoms with Crippen LogP contribution in [-0.4, -0.2) is 28.2 Å². The van der Waals surface area contributed by atoms with Gasteiger partial charge in [-0.05, 0) is 47.4 Å². The molecule has 0 atom stereocenters. The van der Waals surface area contributed by atoms with Gasteiger partial charge in [0.15, 0.2) is 11.5 Å². The van der Waals surface area contributed by atoms with E-state index in [-0.39, 0.29) is 12.5 Å². The highest BCUT2D eigenvalue weighted by Crippen LogP contribution is 2.35. The van der Waals surface area contributed by atoms with Crippen molar-refractivity contribution in [1.29, 1.82) is 0 Å². The third-order valence-corrected chi connectivity index (χ3v) is 6.41. The molecule has 1 aliphatic heterocycles. The number of hydrogen-bond acceptors (Lipinski definition) is 8. The minimum Gasteiger partial charge on any atom is -0.493 e. The Morgan fingerprint density at radius 3 is 2.80 bits per heavy atom. The molecular weight excluding hydrogens is 442 g/mol. The molecule has 1 saturated heterocycles. The predicted molar refractivity (Wildman–Crippen MR) is 120 cm³/mol. The van der Waals surface area contributed by atoms with Gasteiger partial charge in [0.1, 0.15) is 15.0 Å². The zero-order chi connectivity index (χ0) is 21.1. The van der Waals surface area contributed by atoms with Gasteiger partial charge in [-0.2, -0.15) is 0 Å². The van der Waals surface area contributed by atoms with Crippen molar-refractivity contribution in [2.45, 2.75) is 6.54 Å². The molecule has 1 fully saturated rings. The number of nitrogens with zero attached hydrogens (tertiary/aromatic N) is 1. The molecule has 2 aromatic heterocycles. The topological polar surface area (TPSA) is 69.0 Å². The first-order valence-corrected chi connectivity index (χ1v) is 10.9. The van der Waals surface area contributed by atoms with Crippen molar-refractivity contribution >= 4 is 57.6 Å². The molecule has 0 aliphatic carbocycles. The van der Waals surface area contributed by atoms with E-state index < -0.39 is 5.97 Å². The Kier molecular flexibility index (Phi) is 6.03. The van der Waals surface area contributed by atoms with E-state index in [2.05, 4.69) is 0 Å². The van der Waals surface area contributed by atoms with Crippen LogP contribution in [0.2, 0.25) is 0 Å². The van der Waals surface area contributed by atoms with Gasteiger partial charge in [-0.25, -0.2) is 4.79 Å². The Labute approximate surface area is 186 Å². The molecule has 152 valence electrons. The number of ether oxygens (including phenoxy) is 2. The maximum Gasteiger partial charge on any atom is 0.353 e. The third kappa shape index (κ3) is 4.33. The molecule has 0 spiro atoms. The molecule has 1 amide bonds. The van der Waals surface area contributed by atoms with E-state index in [0.717, 1.165) is 5.56 Å². The zero-order valence-electron chi connectivity index (χ0n) is 15.7. The lowest BCUT2D eigenvalue weighted by molar-refractivity contribution is -0.122. The van der Waals surface area contributed by atoms with Crippen LogP contribution in [0.3, 0.4) is 0 Å². The number of thiophene rings is 1. The fourth-order valence-corrected chi connectivity index (χ4v) is 4.60. The van der Waals surface area contributed by atoms with Crippen LogP contribution in [-0.2, 0) is 11.3 Å². The Morgan fingerprint density at radius 2 is 2.10 bits per heavy atom. The summed E-state index contributed by atoms with van der Waals surface area (Å²) in [5, 5.41) is 1.80. The summed E-state index contributed by atoms with van der Waals surface area (Å²) >= 11 is 7.87. The molecular formula is C21H15NO5S3. The number of thioether (sulfide) groups is 1. The first kappa shape index (κ1) is 20.4. The maximum absolute atomic E-state index is 12.8. The van der Waals surface area contributed by atoms with Crippen LogP contribution in [0.4, 0.5) is 0 Å². The summed E-state index contributed by atoms with van der Waals surface area (Å²) in [6.45, 7) is 0.288. The Morgan fingerprint density at radius 1 is 1.23 bits per heavy atom. The van der Waals surface area contributed by atoms with Gasteiger partial charge in [0.2, 0.25) is 0 Å². The van der Waals surface area contributed by atoms with Gasteiger partial charge in [-0.3, -0.25) is 9.69 Å². The summed E-state index contributed by atoms with van der Waals surface area (Å²) in [5.74, 6) is 0.715. The number of benzene rings is 1. The summed E-state index contributed by atoms with van der Waals surface area (Å²) < 4.78 is 16.6. The number of esters is 1. The molecule has 4 rings (SSSR count). The molecule has 1 aliphatic rings. The zero-order valence-corrected chi connectivity index (χ0v) is 18.1. The van der Waals surface area contributed by atoms with Gasteiger partial charge >= 0.3 is 5.97 Å². The van der Waals surface area contributed by atoms with Gasteiger partial charge in [0.05, 0.1) is 24.8 Å². The van der Waals surface area contributed by atoms with Gasteiger partial charge in [-0.1, -0.05) is 36.1 Å². The second kappa shape index (κ2) is 8.86. The monoisotopic (exact) mass is 457 g/mol. The normalized spacial score (nSPS) is 15.1. The average molecular weight is 458 g/mol. The van der Waals surface area contributed by atoms with Crippen molar-refractivity contribution in [2.75, 3.05) is 7.11 Å². The standard InChI is InChI=1S/C21H15NO5S3/c1-25-16-10-13(6-7-15(16)27-20(24)17-5-3-9-29-17)11-18-19(23)22(21(28)30-18)12-14-4-2-8-26-14/h2-11H,12H2,1H3/b18-11+. The number of thiocarbonyl (C=S) groups is 1. The van der Waals surface area contributed by atoms with Crippen LogP contribution in [0, 0.1) is 0 Å².